The molecule has 0 amide bonds. The molecule has 0 bridgehead atoms. The summed E-state index contributed by atoms with van der Waals surface area (Å²) in [5.74, 6) is 0.335. The maximum atomic E-state index is 11.0. The maximum Gasteiger partial charge on any atom is 0.309 e. The molecule has 1 unspecified atom stereocenters. The summed E-state index contributed by atoms with van der Waals surface area (Å²) in [5, 5.41) is 9.79. The van der Waals surface area contributed by atoms with Gasteiger partial charge in [-0.25, -0.2) is 0 Å². The van der Waals surface area contributed by atoms with Crippen LogP contribution in [0.25, 0.3) is 0 Å². The lowest BCUT2D eigenvalue weighted by molar-refractivity contribution is -0.147. The van der Waals surface area contributed by atoms with Gasteiger partial charge in [0, 0.05) is 24.7 Å². The maximum absolute atomic E-state index is 11.0. The van der Waals surface area contributed by atoms with Gasteiger partial charge in [0.15, 0.2) is 0 Å². The lowest BCUT2D eigenvalue weighted by Gasteiger charge is -2.36. The number of halogens is 1. The topological polar surface area (TPSA) is 49.8 Å². The highest BCUT2D eigenvalue weighted by Gasteiger charge is 2.32. The molecule has 3 aromatic carbocycles. The lowest BCUT2D eigenvalue weighted by atomic mass is 9.87. The summed E-state index contributed by atoms with van der Waals surface area (Å²) in [6.07, 6.45) is 2.95. The Balaban J connectivity index is 1.28. The zero-order valence-electron chi connectivity index (χ0n) is 20.5. The summed E-state index contributed by atoms with van der Waals surface area (Å²) in [4.78, 5) is 13.1. The highest BCUT2D eigenvalue weighted by Crippen LogP contribution is 2.29. The van der Waals surface area contributed by atoms with E-state index in [0.717, 1.165) is 36.6 Å². The molecule has 4 nitrogen and oxygen atoms in total. The number of carbonyl (C=O) groups is 1. The molecule has 1 aliphatic heterocycles. The Bertz CT molecular complexity index is 1140. The van der Waals surface area contributed by atoms with E-state index in [2.05, 4.69) is 61.2 Å². The number of aliphatic carboxylic acids is 1. The number of hydrogen-bond donors (Lipinski definition) is 1. The van der Waals surface area contributed by atoms with E-state index in [4.69, 9.17) is 21.4 Å². The molecule has 0 saturated carbocycles. The van der Waals surface area contributed by atoms with Crippen LogP contribution in [0.3, 0.4) is 0 Å². The second-order valence-corrected chi connectivity index (χ2v) is 10.2. The fourth-order valence-corrected chi connectivity index (χ4v) is 4.89. The highest BCUT2D eigenvalue weighted by molar-refractivity contribution is 6.30. The monoisotopic (exact) mass is 491 g/mol. The first kappa shape index (κ1) is 25.3. The SMILES string of the molecule is Cc1ccc(CC(CCCOc2ccc(CN3CC(C(=O)O)C3)cc2)c2cccc(Cl)c2)cc1C. The molecule has 0 spiro atoms. The Morgan fingerprint density at radius 1 is 1.03 bits per heavy atom. The van der Waals surface area contributed by atoms with Crippen molar-refractivity contribution < 1.29 is 14.6 Å². The van der Waals surface area contributed by atoms with Gasteiger partial charge in [0.1, 0.15) is 5.75 Å². The first-order valence-electron chi connectivity index (χ1n) is 12.4. The van der Waals surface area contributed by atoms with Crippen LogP contribution in [0.4, 0.5) is 0 Å². The predicted molar refractivity (Wildman–Crippen MR) is 141 cm³/mol. The summed E-state index contributed by atoms with van der Waals surface area (Å²) in [6.45, 7) is 7.02. The van der Waals surface area contributed by atoms with Gasteiger partial charge in [0.05, 0.1) is 12.5 Å². The number of nitrogens with zero attached hydrogens (tertiary/aromatic N) is 1. The first-order chi connectivity index (χ1) is 16.9. The van der Waals surface area contributed by atoms with Crippen molar-refractivity contribution in [2.45, 2.75) is 45.6 Å². The van der Waals surface area contributed by atoms with E-state index in [1.807, 2.05) is 24.3 Å². The van der Waals surface area contributed by atoms with Crippen molar-refractivity contribution in [3.05, 3.63) is 99.6 Å². The van der Waals surface area contributed by atoms with Gasteiger partial charge in [-0.15, -0.1) is 0 Å². The quantitative estimate of drug-likeness (QED) is 0.305. The van der Waals surface area contributed by atoms with Crippen LogP contribution in [-0.4, -0.2) is 35.7 Å². The van der Waals surface area contributed by atoms with E-state index in [0.29, 0.717) is 25.6 Å². The van der Waals surface area contributed by atoms with Gasteiger partial charge in [0.2, 0.25) is 0 Å². The molecule has 0 aliphatic carbocycles. The number of aryl methyl sites for hydroxylation is 2. The van der Waals surface area contributed by atoms with E-state index in [1.54, 1.807) is 0 Å². The minimum absolute atomic E-state index is 0.219. The molecular formula is C30H34ClNO3. The number of hydrogen-bond acceptors (Lipinski definition) is 3. The fraction of sp³-hybridized carbons (Fsp3) is 0.367. The molecule has 1 saturated heterocycles. The summed E-state index contributed by atoms with van der Waals surface area (Å²) < 4.78 is 6.03. The van der Waals surface area contributed by atoms with Crippen molar-refractivity contribution in [2.75, 3.05) is 19.7 Å². The molecule has 1 atom stereocenters. The number of likely N-dealkylation sites (tertiary alicyclic amines) is 1. The predicted octanol–water partition coefficient (Wildman–Crippen LogP) is 6.66. The Labute approximate surface area is 213 Å². The van der Waals surface area contributed by atoms with Crippen LogP contribution >= 0.6 is 11.6 Å². The van der Waals surface area contributed by atoms with Gasteiger partial charge in [-0.1, -0.05) is 54.1 Å². The van der Waals surface area contributed by atoms with Crippen LogP contribution in [0, 0.1) is 19.8 Å². The van der Waals surface area contributed by atoms with Crippen molar-refractivity contribution in [2.24, 2.45) is 5.92 Å². The third-order valence-corrected chi connectivity index (χ3v) is 7.21. The first-order valence-corrected chi connectivity index (χ1v) is 12.7. The third-order valence-electron chi connectivity index (χ3n) is 6.98. The van der Waals surface area contributed by atoms with Crippen LogP contribution < -0.4 is 4.74 Å². The van der Waals surface area contributed by atoms with Gasteiger partial charge >= 0.3 is 5.97 Å². The van der Waals surface area contributed by atoms with E-state index in [-0.39, 0.29) is 5.92 Å². The van der Waals surface area contributed by atoms with Crippen LogP contribution in [0.5, 0.6) is 5.75 Å². The molecule has 4 rings (SSSR count). The summed E-state index contributed by atoms with van der Waals surface area (Å²) in [7, 11) is 0. The van der Waals surface area contributed by atoms with E-state index in [1.165, 1.54) is 27.8 Å². The van der Waals surface area contributed by atoms with Crippen molar-refractivity contribution in [3.8, 4) is 5.75 Å². The second kappa shape index (κ2) is 11.7. The smallest absolute Gasteiger partial charge is 0.309 e. The molecule has 1 heterocycles. The Morgan fingerprint density at radius 3 is 2.46 bits per heavy atom. The number of ether oxygens (including phenoxy) is 1. The lowest BCUT2D eigenvalue weighted by Crippen LogP contribution is -2.49. The molecule has 0 radical (unpaired) electrons. The van der Waals surface area contributed by atoms with Gasteiger partial charge in [-0.05, 0) is 91.1 Å². The highest BCUT2D eigenvalue weighted by atomic mass is 35.5. The molecule has 3 aromatic rings. The minimum Gasteiger partial charge on any atom is -0.494 e. The standard InChI is InChI=1S/C30H34ClNO3/c1-21-8-9-24(15-22(21)2)16-25(26-5-3-7-28(31)17-26)6-4-14-35-29-12-10-23(11-13-29)18-32-19-27(20-32)30(33)34/h3,5,7-13,15,17,25,27H,4,6,14,16,18-20H2,1-2H3,(H,33,34). The van der Waals surface area contributed by atoms with Crippen molar-refractivity contribution in [1.29, 1.82) is 0 Å². The van der Waals surface area contributed by atoms with Gasteiger partial charge in [-0.2, -0.15) is 0 Å². The normalized spacial score (nSPS) is 14.9. The minimum atomic E-state index is -0.698. The van der Waals surface area contributed by atoms with E-state index in [9.17, 15) is 4.79 Å². The van der Waals surface area contributed by atoms with Crippen molar-refractivity contribution >= 4 is 17.6 Å². The van der Waals surface area contributed by atoms with Crippen LogP contribution in [-0.2, 0) is 17.8 Å². The van der Waals surface area contributed by atoms with Crippen LogP contribution in [0.1, 0.15) is 46.6 Å². The molecular weight excluding hydrogens is 458 g/mol. The molecule has 1 aliphatic rings. The Morgan fingerprint density at radius 2 is 1.77 bits per heavy atom. The molecule has 35 heavy (non-hydrogen) atoms. The van der Waals surface area contributed by atoms with Gasteiger partial charge in [0.25, 0.3) is 0 Å². The molecule has 0 aromatic heterocycles. The van der Waals surface area contributed by atoms with Crippen molar-refractivity contribution in [3.63, 3.8) is 0 Å². The number of rotatable bonds is 11. The van der Waals surface area contributed by atoms with E-state index >= 15 is 0 Å². The number of carboxylic acids is 1. The average Bonchev–Trinajstić information content (AvgIpc) is 2.81. The zero-order chi connectivity index (χ0) is 24.8. The second-order valence-electron chi connectivity index (χ2n) is 9.74. The molecule has 1 N–H and O–H groups in total. The van der Waals surface area contributed by atoms with Crippen LogP contribution in [0.15, 0.2) is 66.7 Å². The van der Waals surface area contributed by atoms with Gasteiger partial charge < -0.3 is 9.84 Å². The Hall–Kier alpha value is -2.82. The number of benzene rings is 3. The van der Waals surface area contributed by atoms with Gasteiger partial charge in [-0.3, -0.25) is 9.69 Å². The molecule has 5 heteroatoms. The van der Waals surface area contributed by atoms with Crippen molar-refractivity contribution in [1.82, 2.24) is 4.90 Å². The third kappa shape index (κ3) is 7.09. The fourth-order valence-electron chi connectivity index (χ4n) is 4.69. The number of carboxylic acid groups (broad SMARTS) is 1. The van der Waals surface area contributed by atoms with E-state index < -0.39 is 5.97 Å². The summed E-state index contributed by atoms with van der Waals surface area (Å²) >= 11 is 6.30. The molecule has 184 valence electrons. The average molecular weight is 492 g/mol. The zero-order valence-corrected chi connectivity index (χ0v) is 21.3. The largest absolute Gasteiger partial charge is 0.494 e. The van der Waals surface area contributed by atoms with Crippen LogP contribution in [0.2, 0.25) is 5.02 Å². The summed E-state index contributed by atoms with van der Waals surface area (Å²) in [6, 6.07) is 23.1. The molecule has 1 fully saturated rings. The Kier molecular flexibility index (Phi) is 8.48. The summed E-state index contributed by atoms with van der Waals surface area (Å²) in [5.41, 5.74) is 6.45.